The molecule has 9 heteroatoms. The van der Waals surface area contributed by atoms with Crippen molar-refractivity contribution in [2.45, 2.75) is 33.0 Å². The lowest BCUT2D eigenvalue weighted by Crippen LogP contribution is -2.26. The Hall–Kier alpha value is -4.14. The Morgan fingerprint density at radius 1 is 0.824 bits per heavy atom. The zero-order valence-corrected chi connectivity index (χ0v) is 18.7. The van der Waals surface area contributed by atoms with Gasteiger partial charge in [0.1, 0.15) is 18.0 Å². The third kappa shape index (κ3) is 3.23. The molecule has 3 aromatic carbocycles. The molecule has 0 amide bonds. The van der Waals surface area contributed by atoms with Crippen molar-refractivity contribution in [3.05, 3.63) is 41.5 Å². The van der Waals surface area contributed by atoms with Gasteiger partial charge in [0.05, 0.1) is 5.56 Å². The van der Waals surface area contributed by atoms with E-state index in [1.54, 1.807) is 39.0 Å². The molecule has 0 saturated carbocycles. The van der Waals surface area contributed by atoms with Crippen LogP contribution in [0.3, 0.4) is 0 Å². The van der Waals surface area contributed by atoms with Crippen LogP contribution < -0.4 is 23.7 Å². The van der Waals surface area contributed by atoms with E-state index in [0.717, 1.165) is 0 Å². The molecule has 0 aromatic heterocycles. The molecule has 3 aliphatic rings. The summed E-state index contributed by atoms with van der Waals surface area (Å²) in [4.78, 5) is 25.5. The lowest BCUT2D eigenvalue weighted by atomic mass is 9.89. The molecule has 6 rings (SSSR count). The number of hydrogen-bond acceptors (Lipinski definition) is 9. The molecule has 0 spiro atoms. The van der Waals surface area contributed by atoms with E-state index in [9.17, 15) is 9.59 Å². The Bertz CT molecular complexity index is 1380. The molecule has 0 bridgehead atoms. The molecule has 34 heavy (non-hydrogen) atoms. The highest BCUT2D eigenvalue weighted by Crippen LogP contribution is 2.50. The lowest BCUT2D eigenvalue weighted by Gasteiger charge is -2.21. The zero-order chi connectivity index (χ0) is 23.6. The van der Waals surface area contributed by atoms with Gasteiger partial charge in [0.2, 0.25) is 13.6 Å². The van der Waals surface area contributed by atoms with Crippen LogP contribution in [0.2, 0.25) is 0 Å². The van der Waals surface area contributed by atoms with E-state index in [4.69, 9.17) is 33.2 Å². The van der Waals surface area contributed by atoms with E-state index >= 15 is 0 Å². The molecule has 3 heterocycles. The van der Waals surface area contributed by atoms with Gasteiger partial charge in [0, 0.05) is 16.5 Å². The molecule has 3 aromatic rings. The number of rotatable bonds is 2. The topological polar surface area (TPSA) is 98.8 Å². The van der Waals surface area contributed by atoms with Crippen LogP contribution >= 0.6 is 0 Å². The minimum absolute atomic E-state index is 0.0474. The minimum Gasteiger partial charge on any atom is -0.457 e. The van der Waals surface area contributed by atoms with Gasteiger partial charge in [-0.15, -0.1) is 0 Å². The highest BCUT2D eigenvalue weighted by Gasteiger charge is 2.35. The van der Waals surface area contributed by atoms with Gasteiger partial charge in [-0.3, -0.25) is 0 Å². The van der Waals surface area contributed by atoms with Crippen LogP contribution in [0, 0.1) is 0 Å². The second kappa shape index (κ2) is 7.18. The first-order valence-corrected chi connectivity index (χ1v) is 10.7. The summed E-state index contributed by atoms with van der Waals surface area (Å²) in [5.74, 6) is 1.88. The monoisotopic (exact) mass is 464 g/mol. The fourth-order valence-corrected chi connectivity index (χ4v) is 4.29. The predicted molar refractivity (Wildman–Crippen MR) is 118 cm³/mol. The third-order valence-corrected chi connectivity index (χ3v) is 5.64. The van der Waals surface area contributed by atoms with Crippen LogP contribution in [-0.2, 0) is 16.1 Å². The Morgan fingerprint density at radius 3 is 2.18 bits per heavy atom. The summed E-state index contributed by atoms with van der Waals surface area (Å²) in [5.41, 5.74) is 1.33. The van der Waals surface area contributed by atoms with Crippen molar-refractivity contribution in [1.82, 2.24) is 0 Å². The number of carbonyl (C=O) groups is 2. The van der Waals surface area contributed by atoms with Crippen LogP contribution in [0.1, 0.15) is 36.7 Å². The maximum Gasteiger partial charge on any atom is 0.514 e. The van der Waals surface area contributed by atoms with E-state index in [-0.39, 0.29) is 25.9 Å². The summed E-state index contributed by atoms with van der Waals surface area (Å²) in [6.45, 7) is 5.36. The fourth-order valence-electron chi connectivity index (χ4n) is 4.29. The van der Waals surface area contributed by atoms with Gasteiger partial charge >= 0.3 is 12.1 Å². The van der Waals surface area contributed by atoms with Crippen molar-refractivity contribution < 1.29 is 42.7 Å². The minimum atomic E-state index is -0.885. The quantitative estimate of drug-likeness (QED) is 0.385. The second-order valence-electron chi connectivity index (χ2n) is 9.02. The Labute approximate surface area is 194 Å². The number of esters is 1. The zero-order valence-electron chi connectivity index (χ0n) is 18.7. The molecule has 3 aliphatic heterocycles. The molecule has 0 fully saturated rings. The van der Waals surface area contributed by atoms with Crippen molar-refractivity contribution in [2.75, 3.05) is 13.6 Å². The van der Waals surface area contributed by atoms with E-state index in [1.807, 2.05) is 12.1 Å². The van der Waals surface area contributed by atoms with Gasteiger partial charge in [-0.05, 0) is 56.0 Å². The number of ether oxygens (including phenoxy) is 7. The average Bonchev–Trinajstić information content (AvgIpc) is 3.50. The van der Waals surface area contributed by atoms with Crippen LogP contribution in [0.15, 0.2) is 30.3 Å². The summed E-state index contributed by atoms with van der Waals surface area (Å²) in [6.07, 6.45) is -0.885. The van der Waals surface area contributed by atoms with Gasteiger partial charge < -0.3 is 33.2 Å². The maximum atomic E-state index is 12.9. The maximum absolute atomic E-state index is 12.9. The van der Waals surface area contributed by atoms with Gasteiger partial charge in [0.25, 0.3) is 0 Å². The van der Waals surface area contributed by atoms with Gasteiger partial charge in [-0.1, -0.05) is 6.07 Å². The third-order valence-electron chi connectivity index (χ3n) is 5.64. The molecule has 0 atom stereocenters. The Kier molecular flexibility index (Phi) is 4.32. The Balaban J connectivity index is 1.62. The van der Waals surface area contributed by atoms with E-state index in [2.05, 4.69) is 0 Å². The summed E-state index contributed by atoms with van der Waals surface area (Å²) in [5, 5.41) is 1.18. The molecule has 0 saturated heterocycles. The molecule has 9 nitrogen and oxygen atoms in total. The molecule has 174 valence electrons. The Morgan fingerprint density at radius 2 is 1.47 bits per heavy atom. The first kappa shape index (κ1) is 20.5. The second-order valence-corrected chi connectivity index (χ2v) is 9.02. The number of benzene rings is 3. The smallest absolute Gasteiger partial charge is 0.457 e. The van der Waals surface area contributed by atoms with Crippen molar-refractivity contribution in [3.63, 3.8) is 0 Å². The SMILES string of the molecule is CC(C)(C)OC(=O)Oc1c2c(c(-c3ccc4c(c3)OCO4)c3cc4c(cc13)OCO4)C(=O)OC2. The largest absolute Gasteiger partial charge is 0.514 e. The molecular formula is C25H20O9. The van der Waals surface area contributed by atoms with Crippen molar-refractivity contribution in [3.8, 4) is 39.9 Å². The van der Waals surface area contributed by atoms with E-state index in [0.29, 0.717) is 56.0 Å². The van der Waals surface area contributed by atoms with Crippen LogP contribution in [0.25, 0.3) is 21.9 Å². The summed E-state index contributed by atoms with van der Waals surface area (Å²) < 4.78 is 38.6. The van der Waals surface area contributed by atoms with Crippen LogP contribution in [0.4, 0.5) is 4.79 Å². The van der Waals surface area contributed by atoms with E-state index < -0.39 is 17.7 Å². The molecule has 0 N–H and O–H groups in total. The van der Waals surface area contributed by atoms with Crippen molar-refractivity contribution in [1.29, 1.82) is 0 Å². The van der Waals surface area contributed by atoms with Crippen LogP contribution in [-0.4, -0.2) is 31.3 Å². The highest BCUT2D eigenvalue weighted by molar-refractivity contribution is 6.14. The van der Waals surface area contributed by atoms with Gasteiger partial charge in [-0.25, -0.2) is 9.59 Å². The normalized spacial score (nSPS) is 15.3. The first-order chi connectivity index (χ1) is 16.3. The summed E-state index contributed by atoms with van der Waals surface area (Å²) >= 11 is 0. The molecular weight excluding hydrogens is 444 g/mol. The molecule has 0 radical (unpaired) electrons. The highest BCUT2D eigenvalue weighted by atomic mass is 16.7. The predicted octanol–water partition coefficient (Wildman–Crippen LogP) is 4.95. The fraction of sp³-hybridized carbons (Fsp3) is 0.280. The summed E-state index contributed by atoms with van der Waals surface area (Å²) in [7, 11) is 0. The van der Waals surface area contributed by atoms with E-state index in [1.165, 1.54) is 0 Å². The average molecular weight is 464 g/mol. The lowest BCUT2D eigenvalue weighted by molar-refractivity contribution is 0.0206. The van der Waals surface area contributed by atoms with Gasteiger partial charge in [0.15, 0.2) is 23.0 Å². The van der Waals surface area contributed by atoms with Crippen molar-refractivity contribution in [2.24, 2.45) is 0 Å². The standard InChI is InChI=1S/C25H20O9/c1-25(2,3)34-24(27)33-22-14-8-19-18(31-11-32-19)7-13(14)20(21-15(22)9-28-23(21)26)12-4-5-16-17(6-12)30-10-29-16/h4-8H,9-11H2,1-3H3. The summed E-state index contributed by atoms with van der Waals surface area (Å²) in [6, 6.07) is 8.94. The van der Waals surface area contributed by atoms with Crippen LogP contribution in [0.5, 0.6) is 28.7 Å². The number of fused-ring (bicyclic) bond motifs is 4. The number of carbonyl (C=O) groups excluding carboxylic acids is 2. The van der Waals surface area contributed by atoms with Gasteiger partial charge in [-0.2, -0.15) is 0 Å². The molecule has 0 unspecified atom stereocenters. The number of cyclic esters (lactones) is 1. The number of hydrogen-bond donors (Lipinski definition) is 0. The van der Waals surface area contributed by atoms with Crippen molar-refractivity contribution >= 4 is 22.9 Å². The first-order valence-electron chi connectivity index (χ1n) is 10.7. The molecule has 0 aliphatic carbocycles.